The Kier molecular flexibility index (Phi) is 5.82. The molecule has 0 unspecified atom stereocenters. The van der Waals surface area contributed by atoms with Gasteiger partial charge in [0.2, 0.25) is 0 Å². The number of rotatable bonds is 5. The van der Waals surface area contributed by atoms with Gasteiger partial charge in [-0.15, -0.1) is 0 Å². The maximum Gasteiger partial charge on any atom is 0.142 e. The average Bonchev–Trinajstić information content (AvgIpc) is 3.24. The van der Waals surface area contributed by atoms with Crippen molar-refractivity contribution < 1.29 is 9.26 Å². The van der Waals surface area contributed by atoms with E-state index in [4.69, 9.17) is 19.2 Å². The Morgan fingerprint density at radius 3 is 2.76 bits per heavy atom. The third-order valence-electron chi connectivity index (χ3n) is 6.44. The molecule has 4 aromatic rings. The Hall–Kier alpha value is -3.67. The fourth-order valence-electron chi connectivity index (χ4n) is 4.88. The van der Waals surface area contributed by atoms with E-state index in [0.717, 1.165) is 87.5 Å². The molecule has 1 aliphatic carbocycles. The highest BCUT2D eigenvalue weighted by Crippen LogP contribution is 2.41. The smallest absolute Gasteiger partial charge is 0.142 e. The van der Waals surface area contributed by atoms with Crippen molar-refractivity contribution >= 4 is 27.5 Å². The van der Waals surface area contributed by atoms with Gasteiger partial charge in [-0.05, 0) is 64.2 Å². The van der Waals surface area contributed by atoms with E-state index >= 15 is 0 Å². The predicted molar refractivity (Wildman–Crippen MR) is 137 cm³/mol. The van der Waals surface area contributed by atoms with Gasteiger partial charge in [-0.25, -0.2) is 9.97 Å². The maximum atomic E-state index is 5.85. The minimum Gasteiger partial charge on any atom is -0.496 e. The zero-order valence-corrected chi connectivity index (χ0v) is 20.5. The molecule has 0 saturated heterocycles. The number of nitrogens with zero attached hydrogens (tertiary/aromatic N) is 3. The van der Waals surface area contributed by atoms with Crippen LogP contribution in [0.2, 0.25) is 0 Å². The number of ether oxygens (including phenoxy) is 1. The van der Waals surface area contributed by atoms with E-state index in [1.807, 2.05) is 20.8 Å². The van der Waals surface area contributed by atoms with Gasteiger partial charge in [0.15, 0.2) is 0 Å². The molecule has 6 heteroatoms. The second-order valence-corrected chi connectivity index (χ2v) is 8.81. The molecule has 1 N–H and O–H groups in total. The summed E-state index contributed by atoms with van der Waals surface area (Å²) in [6.45, 7) is 7.99. The molecule has 1 aromatic carbocycles. The molecule has 3 aromatic heterocycles. The van der Waals surface area contributed by atoms with Crippen LogP contribution >= 0.6 is 0 Å². The van der Waals surface area contributed by atoms with Crippen LogP contribution in [0.5, 0.6) is 5.75 Å². The van der Waals surface area contributed by atoms with Crippen LogP contribution in [0, 0.1) is 20.8 Å². The summed E-state index contributed by atoms with van der Waals surface area (Å²) in [5, 5.41) is 6.20. The molecular weight excluding hydrogens is 424 g/mol. The Labute approximate surface area is 199 Å². The first-order valence-electron chi connectivity index (χ1n) is 11.9. The molecule has 0 saturated carbocycles. The van der Waals surface area contributed by atoms with Gasteiger partial charge >= 0.3 is 0 Å². The lowest BCUT2D eigenvalue weighted by molar-refractivity contribution is 0.393. The van der Waals surface area contributed by atoms with Crippen LogP contribution in [0.15, 0.2) is 46.5 Å². The number of aromatic nitrogens is 4. The van der Waals surface area contributed by atoms with E-state index in [2.05, 4.69) is 53.5 Å². The first kappa shape index (κ1) is 22.1. The highest BCUT2D eigenvalue weighted by molar-refractivity contribution is 6.12. The summed E-state index contributed by atoms with van der Waals surface area (Å²) in [6.07, 6.45) is 13.2. The Morgan fingerprint density at radius 2 is 2.03 bits per heavy atom. The number of H-pyrrole nitrogens is 1. The molecule has 1 aliphatic rings. The summed E-state index contributed by atoms with van der Waals surface area (Å²) >= 11 is 0. The normalized spacial score (nSPS) is 14.6. The fourth-order valence-corrected chi connectivity index (χ4v) is 4.88. The van der Waals surface area contributed by atoms with Gasteiger partial charge in [-0.1, -0.05) is 36.4 Å². The van der Waals surface area contributed by atoms with E-state index in [-0.39, 0.29) is 0 Å². The number of hydrogen-bond donors (Lipinski definition) is 1. The van der Waals surface area contributed by atoms with Gasteiger partial charge in [0.25, 0.3) is 0 Å². The number of nitrogens with one attached hydrogen (secondary N) is 1. The van der Waals surface area contributed by atoms with Gasteiger partial charge in [0.05, 0.1) is 29.4 Å². The topological polar surface area (TPSA) is 76.8 Å². The summed E-state index contributed by atoms with van der Waals surface area (Å²) in [5.74, 6) is 2.28. The summed E-state index contributed by atoms with van der Waals surface area (Å²) in [5.41, 5.74) is 8.02. The molecular formula is C28H30N4O2. The van der Waals surface area contributed by atoms with Crippen molar-refractivity contribution in [2.45, 2.75) is 53.4 Å². The number of fused-ring (bicyclic) bond motifs is 3. The lowest BCUT2D eigenvalue weighted by Crippen LogP contribution is -1.98. The van der Waals surface area contributed by atoms with Gasteiger partial charge in [-0.3, -0.25) is 0 Å². The van der Waals surface area contributed by atoms with Crippen LogP contribution in [-0.2, 0) is 0 Å². The second kappa shape index (κ2) is 8.93. The van der Waals surface area contributed by atoms with Crippen LogP contribution in [0.4, 0.5) is 0 Å². The Morgan fingerprint density at radius 1 is 1.18 bits per heavy atom. The lowest BCUT2D eigenvalue weighted by Gasteiger charge is -2.11. The van der Waals surface area contributed by atoms with Crippen molar-refractivity contribution in [1.29, 1.82) is 0 Å². The van der Waals surface area contributed by atoms with E-state index in [9.17, 15) is 0 Å². The third kappa shape index (κ3) is 3.73. The third-order valence-corrected chi connectivity index (χ3v) is 6.44. The van der Waals surface area contributed by atoms with Crippen LogP contribution in [0.25, 0.3) is 38.6 Å². The van der Waals surface area contributed by atoms with Crippen LogP contribution < -0.4 is 4.74 Å². The Balaban J connectivity index is 1.83. The molecule has 0 spiro atoms. The molecule has 3 heterocycles. The average molecular weight is 455 g/mol. The van der Waals surface area contributed by atoms with Gasteiger partial charge in [0.1, 0.15) is 23.0 Å². The van der Waals surface area contributed by atoms with Crippen molar-refractivity contribution in [1.82, 2.24) is 20.1 Å². The largest absolute Gasteiger partial charge is 0.496 e. The molecule has 0 atom stereocenters. The van der Waals surface area contributed by atoms with Crippen molar-refractivity contribution in [2.24, 2.45) is 0 Å². The first-order valence-corrected chi connectivity index (χ1v) is 11.9. The van der Waals surface area contributed by atoms with Crippen LogP contribution in [0.1, 0.15) is 55.6 Å². The zero-order valence-electron chi connectivity index (χ0n) is 20.5. The van der Waals surface area contributed by atoms with Crippen molar-refractivity contribution in [3.05, 3.63) is 65.0 Å². The molecule has 0 fully saturated rings. The fraction of sp³-hybridized carbons (Fsp3) is 0.321. The minimum absolute atomic E-state index is 0.746. The molecule has 0 bridgehead atoms. The molecule has 6 nitrogen and oxygen atoms in total. The number of aromatic amines is 1. The van der Waals surface area contributed by atoms with E-state index in [0.29, 0.717) is 0 Å². The molecule has 5 rings (SSSR count). The highest BCUT2D eigenvalue weighted by atomic mass is 16.5. The van der Waals surface area contributed by atoms with E-state index < -0.39 is 0 Å². The molecule has 174 valence electrons. The number of methoxy groups -OCH3 is 1. The van der Waals surface area contributed by atoms with Gasteiger partial charge in [0, 0.05) is 22.0 Å². The Bertz CT molecular complexity index is 1460. The number of hydrogen-bond acceptors (Lipinski definition) is 5. The van der Waals surface area contributed by atoms with Gasteiger partial charge in [-0.2, -0.15) is 0 Å². The van der Waals surface area contributed by atoms with Gasteiger partial charge < -0.3 is 14.2 Å². The SMILES string of the molecule is CCC=CC1=C(c2nc(C)nc3[nH]c4cc(-c5c(C)noc5C)c(OC)cc4c23)C=CCCC1. The lowest BCUT2D eigenvalue weighted by atomic mass is 9.97. The predicted octanol–water partition coefficient (Wildman–Crippen LogP) is 7.16. The molecule has 0 amide bonds. The molecule has 0 aliphatic heterocycles. The quantitative estimate of drug-likeness (QED) is 0.346. The molecule has 0 radical (unpaired) electrons. The van der Waals surface area contributed by atoms with Crippen molar-refractivity contribution in [2.75, 3.05) is 7.11 Å². The number of aryl methyl sites for hydroxylation is 3. The van der Waals surface area contributed by atoms with E-state index in [1.165, 1.54) is 11.1 Å². The van der Waals surface area contributed by atoms with E-state index in [1.54, 1.807) is 7.11 Å². The standard InChI is InChI=1S/C28H30N4O2/c1-6-7-11-19-12-9-8-10-13-20(19)27-26-21-15-24(33-5)22(25-16(2)32-34-17(25)3)14-23(21)31-28(26)30-18(4)29-27/h7,10-11,13-15H,6,8-9,12H2,1-5H3,(H,29,30,31). The summed E-state index contributed by atoms with van der Waals surface area (Å²) in [7, 11) is 1.70. The van der Waals surface area contributed by atoms with Crippen molar-refractivity contribution in [3.8, 4) is 16.9 Å². The second-order valence-electron chi connectivity index (χ2n) is 8.81. The minimum atomic E-state index is 0.746. The number of allylic oxidation sites excluding steroid dienone is 6. The van der Waals surface area contributed by atoms with Crippen LogP contribution in [0.3, 0.4) is 0 Å². The monoisotopic (exact) mass is 454 g/mol. The maximum absolute atomic E-state index is 5.85. The highest BCUT2D eigenvalue weighted by Gasteiger charge is 2.22. The number of benzene rings is 1. The zero-order chi connectivity index (χ0) is 23.8. The van der Waals surface area contributed by atoms with Crippen molar-refractivity contribution in [3.63, 3.8) is 0 Å². The summed E-state index contributed by atoms with van der Waals surface area (Å²) in [4.78, 5) is 13.3. The first-order chi connectivity index (χ1) is 16.5. The van der Waals surface area contributed by atoms with Crippen LogP contribution in [-0.4, -0.2) is 27.2 Å². The summed E-state index contributed by atoms with van der Waals surface area (Å²) in [6, 6.07) is 4.19. The summed E-state index contributed by atoms with van der Waals surface area (Å²) < 4.78 is 11.3. The molecule has 34 heavy (non-hydrogen) atoms.